The number of alkyl halides is 3. The lowest BCUT2D eigenvalue weighted by Crippen LogP contribution is -2.42. The molecule has 1 amide bonds. The summed E-state index contributed by atoms with van der Waals surface area (Å²) in [5, 5.41) is 0. The van der Waals surface area contributed by atoms with Crippen molar-refractivity contribution in [2.45, 2.75) is 95.4 Å². The first kappa shape index (κ1) is 28.8. The molecule has 1 aliphatic heterocycles. The molecule has 3 rings (SSSR count). The topological polar surface area (TPSA) is 103 Å². The third-order valence-corrected chi connectivity index (χ3v) is 6.77. The number of hydrogen-bond acceptors (Lipinski definition) is 6. The Labute approximate surface area is 213 Å². The van der Waals surface area contributed by atoms with E-state index in [1.807, 2.05) is 6.92 Å². The van der Waals surface area contributed by atoms with E-state index in [0.29, 0.717) is 17.3 Å². The molecule has 0 bridgehead atoms. The molecule has 206 valence electrons. The van der Waals surface area contributed by atoms with Gasteiger partial charge in [0, 0.05) is 25.2 Å². The average molecular weight is 530 g/mol. The van der Waals surface area contributed by atoms with Crippen molar-refractivity contribution in [3.05, 3.63) is 32.6 Å². The van der Waals surface area contributed by atoms with Crippen molar-refractivity contribution in [2.24, 2.45) is 0 Å². The highest BCUT2D eigenvalue weighted by Gasteiger charge is 2.41. The van der Waals surface area contributed by atoms with Crippen molar-refractivity contribution < 1.29 is 32.2 Å². The molecular weight excluding hydrogens is 495 g/mol. The number of carbonyl (C=O) groups is 1. The maximum atomic E-state index is 13.2. The normalized spacial score (nSPS) is 22.8. The second kappa shape index (κ2) is 13.1. The average Bonchev–Trinajstić information content (AvgIpc) is 3.04. The van der Waals surface area contributed by atoms with Gasteiger partial charge in [-0.2, -0.15) is 13.2 Å². The summed E-state index contributed by atoms with van der Waals surface area (Å²) in [5.74, 6) is 2.31. The minimum Gasteiger partial charge on any atom is -0.447 e. The molecule has 12 heteroatoms. The van der Waals surface area contributed by atoms with E-state index in [1.54, 1.807) is 9.88 Å². The van der Waals surface area contributed by atoms with Crippen molar-refractivity contribution in [1.82, 2.24) is 14.5 Å². The minimum absolute atomic E-state index is 0.0324. The first-order valence-corrected chi connectivity index (χ1v) is 12.7. The highest BCUT2D eigenvalue weighted by molar-refractivity contribution is 5.68. The third kappa shape index (κ3) is 7.61. The van der Waals surface area contributed by atoms with Crippen molar-refractivity contribution in [3.8, 4) is 12.3 Å². The van der Waals surface area contributed by atoms with Crippen molar-refractivity contribution in [3.63, 3.8) is 0 Å². The molecular formula is C25H34F3N3O6. The summed E-state index contributed by atoms with van der Waals surface area (Å²) < 4.78 is 57.4. The zero-order chi connectivity index (χ0) is 27.0. The summed E-state index contributed by atoms with van der Waals surface area (Å²) in [4.78, 5) is 40.5. The number of aromatic nitrogens is 2. The van der Waals surface area contributed by atoms with Gasteiger partial charge in [0.15, 0.2) is 0 Å². The molecule has 2 heterocycles. The minimum atomic E-state index is -4.96. The summed E-state index contributed by atoms with van der Waals surface area (Å²) in [6, 6.07) is 0.0905. The second-order valence-corrected chi connectivity index (χ2v) is 9.39. The predicted molar refractivity (Wildman–Crippen MR) is 128 cm³/mol. The zero-order valence-electron chi connectivity index (χ0n) is 20.9. The lowest BCUT2D eigenvalue weighted by Gasteiger charge is -2.31. The van der Waals surface area contributed by atoms with Gasteiger partial charge in [-0.05, 0) is 19.3 Å². The van der Waals surface area contributed by atoms with Crippen LogP contribution in [0, 0.1) is 12.3 Å². The number of rotatable bonds is 9. The molecule has 0 unspecified atom stereocenters. The highest BCUT2D eigenvalue weighted by Crippen LogP contribution is 2.32. The molecule has 2 aliphatic rings. The number of terminal acetylenes is 1. The Kier molecular flexibility index (Phi) is 10.2. The number of H-pyrrole nitrogens is 1. The number of hydrogen-bond donors (Lipinski definition) is 1. The number of amides is 1. The van der Waals surface area contributed by atoms with Crippen molar-refractivity contribution >= 4 is 6.09 Å². The van der Waals surface area contributed by atoms with Crippen LogP contribution in [0.15, 0.2) is 15.8 Å². The van der Waals surface area contributed by atoms with E-state index < -0.39 is 47.5 Å². The molecule has 1 N–H and O–H groups in total. The molecule has 1 saturated carbocycles. The summed E-state index contributed by atoms with van der Waals surface area (Å²) >= 11 is 0. The Morgan fingerprint density at radius 1 is 1.27 bits per heavy atom. The monoisotopic (exact) mass is 529 g/mol. The van der Waals surface area contributed by atoms with Crippen LogP contribution in [0.4, 0.5) is 18.0 Å². The molecule has 1 aromatic rings. The van der Waals surface area contributed by atoms with Crippen LogP contribution in [0.1, 0.15) is 76.5 Å². The van der Waals surface area contributed by atoms with E-state index >= 15 is 0 Å². The lowest BCUT2D eigenvalue weighted by molar-refractivity contribution is -0.139. The molecule has 0 spiro atoms. The molecule has 0 aromatic carbocycles. The highest BCUT2D eigenvalue weighted by atomic mass is 19.4. The Hall–Kier alpha value is -2.78. The molecule has 2 fully saturated rings. The Bertz CT molecular complexity index is 1060. The van der Waals surface area contributed by atoms with Gasteiger partial charge in [0.25, 0.3) is 5.56 Å². The molecule has 37 heavy (non-hydrogen) atoms. The van der Waals surface area contributed by atoms with E-state index in [-0.39, 0.29) is 25.7 Å². The van der Waals surface area contributed by atoms with Crippen LogP contribution in [-0.4, -0.2) is 58.6 Å². The molecule has 1 aliphatic carbocycles. The summed E-state index contributed by atoms with van der Waals surface area (Å²) in [5.41, 5.74) is -4.12. The Morgan fingerprint density at radius 3 is 2.59 bits per heavy atom. The summed E-state index contributed by atoms with van der Waals surface area (Å²) in [6.07, 6.45) is 5.35. The van der Waals surface area contributed by atoms with E-state index in [1.165, 1.54) is 0 Å². The fourth-order valence-corrected chi connectivity index (χ4v) is 4.81. The van der Waals surface area contributed by atoms with Crippen LogP contribution < -0.4 is 11.2 Å². The number of carbonyl (C=O) groups excluding carboxylic acids is 1. The van der Waals surface area contributed by atoms with Crippen LogP contribution in [-0.2, 0) is 20.4 Å². The van der Waals surface area contributed by atoms with E-state index in [0.717, 1.165) is 51.4 Å². The van der Waals surface area contributed by atoms with E-state index in [2.05, 4.69) is 5.92 Å². The molecule has 0 radical (unpaired) electrons. The van der Waals surface area contributed by atoms with Crippen LogP contribution in [0.2, 0.25) is 0 Å². The first-order chi connectivity index (χ1) is 17.7. The van der Waals surface area contributed by atoms with E-state index in [4.69, 9.17) is 20.6 Å². The van der Waals surface area contributed by atoms with Crippen LogP contribution in [0.25, 0.3) is 0 Å². The number of unbranched alkanes of at least 4 members (excludes halogenated alkanes) is 1. The number of halogens is 3. The largest absolute Gasteiger partial charge is 0.447 e. The van der Waals surface area contributed by atoms with Gasteiger partial charge in [-0.3, -0.25) is 14.3 Å². The zero-order valence-corrected chi connectivity index (χ0v) is 20.9. The predicted octanol–water partition coefficient (Wildman–Crippen LogP) is 3.82. The van der Waals surface area contributed by atoms with Crippen LogP contribution in [0.5, 0.6) is 0 Å². The van der Waals surface area contributed by atoms with Gasteiger partial charge in [-0.1, -0.05) is 44.9 Å². The van der Waals surface area contributed by atoms with Gasteiger partial charge in [-0.15, -0.1) is 6.42 Å². The van der Waals surface area contributed by atoms with Crippen molar-refractivity contribution in [1.29, 1.82) is 0 Å². The fraction of sp³-hybridized carbons (Fsp3) is 0.720. The van der Waals surface area contributed by atoms with Gasteiger partial charge in [0.05, 0.1) is 6.10 Å². The lowest BCUT2D eigenvalue weighted by atomic mass is 10.1. The van der Waals surface area contributed by atoms with Gasteiger partial charge < -0.3 is 19.1 Å². The standard InChI is InChI=1S/C25H34F3N3O6/c1-3-5-12-30(17-10-8-6-7-9-11-17)24(34)36-16-20-19(35-13-4-2)14-21(37-20)31-15-18(25(26,27)28)22(32)29-23(31)33/h2,15,17,19-21H,3,5-14,16H2,1H3,(H,29,32,33)/t19-,20+,21+/m0/s1. The van der Waals surface area contributed by atoms with Crippen LogP contribution >= 0.6 is 0 Å². The fourth-order valence-electron chi connectivity index (χ4n) is 4.81. The SMILES string of the molecule is C#CCO[C@H]1C[C@H](n2cc(C(F)(F)F)c(=O)[nH]c2=O)O[C@@H]1COC(=O)N(CCCC)C1CCCCCC1. The molecule has 9 nitrogen and oxygen atoms in total. The van der Waals surface area contributed by atoms with Gasteiger partial charge in [-0.25, -0.2) is 9.59 Å². The van der Waals surface area contributed by atoms with Crippen molar-refractivity contribution in [2.75, 3.05) is 19.8 Å². The number of aromatic amines is 1. The molecule has 1 saturated heterocycles. The van der Waals surface area contributed by atoms with Crippen LogP contribution in [0.3, 0.4) is 0 Å². The number of ether oxygens (including phenoxy) is 3. The Balaban J connectivity index is 1.74. The third-order valence-electron chi connectivity index (χ3n) is 6.77. The summed E-state index contributed by atoms with van der Waals surface area (Å²) in [7, 11) is 0. The van der Waals surface area contributed by atoms with Gasteiger partial charge >= 0.3 is 18.0 Å². The Morgan fingerprint density at radius 2 is 1.97 bits per heavy atom. The van der Waals surface area contributed by atoms with Gasteiger partial charge in [0.1, 0.15) is 31.1 Å². The summed E-state index contributed by atoms with van der Waals surface area (Å²) in [6.45, 7) is 2.27. The number of nitrogens with zero attached hydrogens (tertiary/aromatic N) is 2. The second-order valence-electron chi connectivity index (χ2n) is 9.39. The first-order valence-electron chi connectivity index (χ1n) is 12.7. The molecule has 1 aromatic heterocycles. The smallest absolute Gasteiger partial charge is 0.423 e. The van der Waals surface area contributed by atoms with E-state index in [9.17, 15) is 27.6 Å². The number of nitrogens with one attached hydrogen (secondary N) is 1. The van der Waals surface area contributed by atoms with Gasteiger partial charge in [0.2, 0.25) is 0 Å². The maximum Gasteiger partial charge on any atom is 0.423 e. The maximum absolute atomic E-state index is 13.2. The quantitative estimate of drug-likeness (QED) is 0.385. The molecule has 3 atom stereocenters.